The number of hydrogen-bond donors (Lipinski definition) is 3. The van der Waals surface area contributed by atoms with E-state index in [-0.39, 0.29) is 25.0 Å². The maximum absolute atomic E-state index is 12.6. The first-order valence-corrected chi connectivity index (χ1v) is 11.0. The molecule has 0 spiro atoms. The van der Waals surface area contributed by atoms with Crippen LogP contribution in [-0.4, -0.2) is 66.7 Å². The predicted molar refractivity (Wildman–Crippen MR) is 125 cm³/mol. The molecule has 9 heteroatoms. The number of likely N-dealkylation sites (N-methyl/N-ethyl adjacent to an activating group) is 1. The monoisotopic (exact) mass is 467 g/mol. The standard InChI is InChI=1S/C25H29N3O6/c1-15(2)23(24(32)26-12-21(29)28(3)13-22(30)31)27-25(33)34-14-20-18-10-6-4-8-16(18)17-9-5-7-11-19(17)20/h4-11,15,20,23H,12-14H2,1-3H3,(H,26,32)(H,27,33)(H,30,31)/t23-/m0/s1. The minimum atomic E-state index is -1.15. The van der Waals surface area contributed by atoms with Gasteiger partial charge in [0.05, 0.1) is 6.54 Å². The highest BCUT2D eigenvalue weighted by Gasteiger charge is 2.30. The molecule has 9 nitrogen and oxygen atoms in total. The molecule has 0 aromatic heterocycles. The lowest BCUT2D eigenvalue weighted by molar-refractivity contribution is -0.143. The third-order valence-corrected chi connectivity index (χ3v) is 5.78. The summed E-state index contributed by atoms with van der Waals surface area (Å²) in [6.07, 6.45) is -0.731. The molecule has 0 radical (unpaired) electrons. The smallest absolute Gasteiger partial charge is 0.407 e. The van der Waals surface area contributed by atoms with Crippen LogP contribution < -0.4 is 10.6 Å². The molecule has 180 valence electrons. The third-order valence-electron chi connectivity index (χ3n) is 5.78. The molecule has 0 aliphatic heterocycles. The van der Waals surface area contributed by atoms with Gasteiger partial charge >= 0.3 is 12.1 Å². The lowest BCUT2D eigenvalue weighted by atomic mass is 9.98. The van der Waals surface area contributed by atoms with Crippen molar-refractivity contribution in [2.24, 2.45) is 5.92 Å². The highest BCUT2D eigenvalue weighted by molar-refractivity contribution is 5.90. The molecule has 0 saturated heterocycles. The molecule has 0 saturated carbocycles. The van der Waals surface area contributed by atoms with Gasteiger partial charge in [0.1, 0.15) is 19.2 Å². The van der Waals surface area contributed by atoms with Crippen molar-refractivity contribution < 1.29 is 29.0 Å². The topological polar surface area (TPSA) is 125 Å². The number of carboxylic acids is 1. The molecular formula is C25H29N3O6. The van der Waals surface area contributed by atoms with Gasteiger partial charge in [-0.2, -0.15) is 0 Å². The third kappa shape index (κ3) is 5.72. The maximum atomic E-state index is 12.6. The van der Waals surface area contributed by atoms with Gasteiger partial charge in [-0.05, 0) is 28.2 Å². The minimum Gasteiger partial charge on any atom is -0.480 e. The lowest BCUT2D eigenvalue weighted by Gasteiger charge is -2.23. The van der Waals surface area contributed by atoms with Crippen LogP contribution in [0.5, 0.6) is 0 Å². The molecule has 34 heavy (non-hydrogen) atoms. The average Bonchev–Trinajstić information content (AvgIpc) is 3.12. The van der Waals surface area contributed by atoms with Gasteiger partial charge in [-0.25, -0.2) is 4.79 Å². The van der Waals surface area contributed by atoms with E-state index in [9.17, 15) is 19.2 Å². The van der Waals surface area contributed by atoms with E-state index in [1.807, 2.05) is 48.5 Å². The van der Waals surface area contributed by atoms with Gasteiger partial charge in [0, 0.05) is 13.0 Å². The predicted octanol–water partition coefficient (Wildman–Crippen LogP) is 2.21. The Morgan fingerprint density at radius 1 is 1.00 bits per heavy atom. The number of carbonyl (C=O) groups excluding carboxylic acids is 3. The zero-order valence-electron chi connectivity index (χ0n) is 19.4. The molecule has 3 rings (SSSR count). The van der Waals surface area contributed by atoms with Gasteiger partial charge in [-0.1, -0.05) is 62.4 Å². The van der Waals surface area contributed by atoms with Crippen LogP contribution in [0.4, 0.5) is 4.79 Å². The van der Waals surface area contributed by atoms with Crippen LogP contribution in [0.15, 0.2) is 48.5 Å². The Bertz CT molecular complexity index is 1040. The van der Waals surface area contributed by atoms with Crippen molar-refractivity contribution in [3.8, 4) is 11.1 Å². The largest absolute Gasteiger partial charge is 0.480 e. The molecule has 1 aliphatic rings. The highest BCUT2D eigenvalue weighted by atomic mass is 16.5. The number of nitrogens with one attached hydrogen (secondary N) is 2. The first kappa shape index (κ1) is 24.8. The molecule has 0 fully saturated rings. The van der Waals surface area contributed by atoms with Gasteiger partial charge in [0.2, 0.25) is 11.8 Å². The van der Waals surface area contributed by atoms with Gasteiger partial charge < -0.3 is 25.4 Å². The summed E-state index contributed by atoms with van der Waals surface area (Å²) >= 11 is 0. The first-order chi connectivity index (χ1) is 16.2. The second-order valence-corrected chi connectivity index (χ2v) is 8.55. The zero-order chi connectivity index (χ0) is 24.8. The van der Waals surface area contributed by atoms with Crippen LogP contribution in [0.25, 0.3) is 11.1 Å². The highest BCUT2D eigenvalue weighted by Crippen LogP contribution is 2.44. The summed E-state index contributed by atoms with van der Waals surface area (Å²) in [5.41, 5.74) is 4.39. The van der Waals surface area contributed by atoms with Crippen molar-refractivity contribution >= 4 is 23.9 Å². The number of alkyl carbamates (subject to hydrolysis) is 1. The van der Waals surface area contributed by atoms with Crippen LogP contribution in [0.3, 0.4) is 0 Å². The summed E-state index contributed by atoms with van der Waals surface area (Å²) in [7, 11) is 1.33. The van der Waals surface area contributed by atoms with Crippen LogP contribution in [0, 0.1) is 5.92 Å². The maximum Gasteiger partial charge on any atom is 0.407 e. The van der Waals surface area contributed by atoms with E-state index in [0.717, 1.165) is 27.2 Å². The molecule has 1 aliphatic carbocycles. The van der Waals surface area contributed by atoms with Gasteiger partial charge in [-0.3, -0.25) is 14.4 Å². The zero-order valence-corrected chi connectivity index (χ0v) is 19.4. The van der Waals surface area contributed by atoms with E-state index in [4.69, 9.17) is 9.84 Å². The number of aliphatic carboxylic acids is 1. The number of amides is 3. The van der Waals surface area contributed by atoms with Crippen molar-refractivity contribution in [2.75, 3.05) is 26.7 Å². The summed E-state index contributed by atoms with van der Waals surface area (Å²) in [4.78, 5) is 48.8. The minimum absolute atomic E-state index is 0.105. The van der Waals surface area contributed by atoms with Gasteiger partial charge in [0.15, 0.2) is 0 Å². The molecule has 0 heterocycles. The van der Waals surface area contributed by atoms with Crippen molar-refractivity contribution in [3.63, 3.8) is 0 Å². The number of rotatable bonds is 9. The molecule has 2 aromatic rings. The van der Waals surface area contributed by atoms with E-state index in [2.05, 4.69) is 10.6 Å². The average molecular weight is 468 g/mol. The fourth-order valence-corrected chi connectivity index (χ4v) is 4.00. The number of fused-ring (bicyclic) bond motifs is 3. The van der Waals surface area contributed by atoms with Crippen molar-refractivity contribution in [1.82, 2.24) is 15.5 Å². The summed E-state index contributed by atoms with van der Waals surface area (Å²) in [5, 5.41) is 13.8. The normalized spacial score (nSPS) is 12.9. The lowest BCUT2D eigenvalue weighted by Crippen LogP contribution is -2.52. The Kier molecular flexibility index (Phi) is 7.88. The number of carboxylic acid groups (broad SMARTS) is 1. The molecule has 3 N–H and O–H groups in total. The summed E-state index contributed by atoms with van der Waals surface area (Å²) < 4.78 is 5.51. The SMILES string of the molecule is CC(C)[C@H](NC(=O)OCC1c2ccccc2-c2ccccc21)C(=O)NCC(=O)N(C)CC(=O)O. The van der Waals surface area contributed by atoms with Gasteiger partial charge in [0.25, 0.3) is 0 Å². The Morgan fingerprint density at radius 3 is 2.09 bits per heavy atom. The molecule has 0 bridgehead atoms. The van der Waals surface area contributed by atoms with E-state index < -0.39 is 36.5 Å². The fraction of sp³-hybridized carbons (Fsp3) is 0.360. The number of carbonyl (C=O) groups is 4. The van der Waals surface area contributed by atoms with E-state index in [1.54, 1.807) is 13.8 Å². The van der Waals surface area contributed by atoms with Crippen LogP contribution in [0.1, 0.15) is 30.9 Å². The second-order valence-electron chi connectivity index (χ2n) is 8.55. The number of benzene rings is 2. The number of nitrogens with zero attached hydrogens (tertiary/aromatic N) is 1. The van der Waals surface area contributed by atoms with Gasteiger partial charge in [-0.15, -0.1) is 0 Å². The van der Waals surface area contributed by atoms with Crippen molar-refractivity contribution in [3.05, 3.63) is 59.7 Å². The summed E-state index contributed by atoms with van der Waals surface area (Å²) in [6.45, 7) is 2.78. The Balaban J connectivity index is 1.58. The van der Waals surface area contributed by atoms with Crippen LogP contribution in [0.2, 0.25) is 0 Å². The van der Waals surface area contributed by atoms with Crippen molar-refractivity contribution in [1.29, 1.82) is 0 Å². The molecular weight excluding hydrogens is 438 g/mol. The van der Waals surface area contributed by atoms with Crippen LogP contribution >= 0.6 is 0 Å². The van der Waals surface area contributed by atoms with E-state index >= 15 is 0 Å². The first-order valence-electron chi connectivity index (χ1n) is 11.0. The molecule has 1 atom stereocenters. The van der Waals surface area contributed by atoms with Crippen molar-refractivity contribution in [2.45, 2.75) is 25.8 Å². The molecule has 3 amide bonds. The van der Waals surface area contributed by atoms with E-state index in [1.165, 1.54) is 7.05 Å². The van der Waals surface area contributed by atoms with E-state index in [0.29, 0.717) is 0 Å². The second kappa shape index (κ2) is 10.8. The van der Waals surface area contributed by atoms with Crippen LogP contribution in [-0.2, 0) is 19.1 Å². The fourth-order valence-electron chi connectivity index (χ4n) is 4.00. The number of hydrogen-bond acceptors (Lipinski definition) is 5. The summed E-state index contributed by atoms with van der Waals surface area (Å²) in [5.74, 6) is -2.64. The Hall–Kier alpha value is -3.88. The quantitative estimate of drug-likeness (QED) is 0.519. The Morgan fingerprint density at radius 2 is 1.56 bits per heavy atom. The molecule has 2 aromatic carbocycles. The number of ether oxygens (including phenoxy) is 1. The molecule has 0 unspecified atom stereocenters. The summed E-state index contributed by atoms with van der Waals surface area (Å²) in [6, 6.07) is 15.0. The Labute approximate surface area is 198 Å².